The number of aryl methyl sites for hydroxylation is 1. The molecule has 0 aliphatic heterocycles. The molecule has 3 N–H and O–H groups in total. The summed E-state index contributed by atoms with van der Waals surface area (Å²) in [5.74, 6) is 0.690. The summed E-state index contributed by atoms with van der Waals surface area (Å²) in [5, 5.41) is 8.11. The first kappa shape index (κ1) is 11.8. The van der Waals surface area contributed by atoms with Gasteiger partial charge in [0.25, 0.3) is 0 Å². The third kappa shape index (κ3) is 2.20. The molecule has 0 aliphatic rings. The van der Waals surface area contributed by atoms with Crippen LogP contribution in [0.4, 0.5) is 17.2 Å². The van der Waals surface area contributed by atoms with Crippen molar-refractivity contribution in [3.63, 3.8) is 0 Å². The standard InChI is InChI=1S/C13H12ClN5/c1-8-6-12-13(16-4-5-19(12)18-8)17-11-7-9(15)2-3-10(11)14/h2-7H,15H2,1H3,(H,16,17). The predicted octanol–water partition coefficient (Wildman–Crippen LogP) is 3.02. The summed E-state index contributed by atoms with van der Waals surface area (Å²) in [6.07, 6.45) is 3.48. The highest BCUT2D eigenvalue weighted by Crippen LogP contribution is 2.28. The quantitative estimate of drug-likeness (QED) is 0.704. The predicted molar refractivity (Wildman–Crippen MR) is 76.9 cm³/mol. The van der Waals surface area contributed by atoms with Crippen molar-refractivity contribution in [2.45, 2.75) is 6.92 Å². The maximum atomic E-state index is 6.13. The SMILES string of the molecule is Cc1cc2c(Nc3cc(N)ccc3Cl)nccn2n1. The number of hydrogen-bond acceptors (Lipinski definition) is 4. The normalized spacial score (nSPS) is 10.8. The molecule has 6 heteroatoms. The van der Waals surface area contributed by atoms with E-state index < -0.39 is 0 Å². The molecule has 0 atom stereocenters. The van der Waals surface area contributed by atoms with Crippen molar-refractivity contribution in [3.05, 3.63) is 47.4 Å². The van der Waals surface area contributed by atoms with Crippen LogP contribution in [0.2, 0.25) is 5.02 Å². The van der Waals surface area contributed by atoms with Crippen molar-refractivity contribution in [2.24, 2.45) is 0 Å². The van der Waals surface area contributed by atoms with Gasteiger partial charge in [0.05, 0.1) is 16.4 Å². The zero-order valence-corrected chi connectivity index (χ0v) is 11.0. The third-order valence-electron chi connectivity index (χ3n) is 2.76. The van der Waals surface area contributed by atoms with Crippen LogP contribution in [0.5, 0.6) is 0 Å². The van der Waals surface area contributed by atoms with Gasteiger partial charge >= 0.3 is 0 Å². The molecule has 0 saturated carbocycles. The Morgan fingerprint density at radius 2 is 2.16 bits per heavy atom. The number of nitrogens with two attached hydrogens (primary N) is 1. The molecule has 0 bridgehead atoms. The molecule has 0 saturated heterocycles. The molecule has 3 rings (SSSR count). The number of nitrogens with zero attached hydrogens (tertiary/aromatic N) is 3. The van der Waals surface area contributed by atoms with Crippen LogP contribution in [0.25, 0.3) is 5.52 Å². The van der Waals surface area contributed by atoms with Crippen LogP contribution in [-0.4, -0.2) is 14.6 Å². The van der Waals surface area contributed by atoms with E-state index in [2.05, 4.69) is 15.4 Å². The van der Waals surface area contributed by atoms with Crippen LogP contribution in [0.15, 0.2) is 36.7 Å². The Hall–Kier alpha value is -2.27. The molecule has 96 valence electrons. The molecule has 0 aliphatic carbocycles. The second-order valence-electron chi connectivity index (χ2n) is 4.26. The van der Waals surface area contributed by atoms with E-state index in [9.17, 15) is 0 Å². The van der Waals surface area contributed by atoms with E-state index in [-0.39, 0.29) is 0 Å². The van der Waals surface area contributed by atoms with Gasteiger partial charge in [-0.3, -0.25) is 0 Å². The van der Waals surface area contributed by atoms with Crippen molar-refractivity contribution in [1.29, 1.82) is 0 Å². The van der Waals surface area contributed by atoms with Crippen LogP contribution in [0.3, 0.4) is 0 Å². The molecular weight excluding hydrogens is 262 g/mol. The lowest BCUT2D eigenvalue weighted by Gasteiger charge is -2.09. The fourth-order valence-electron chi connectivity index (χ4n) is 1.91. The van der Waals surface area contributed by atoms with E-state index in [1.54, 1.807) is 35.1 Å². The van der Waals surface area contributed by atoms with Gasteiger partial charge in [-0.1, -0.05) is 11.6 Å². The number of fused-ring (bicyclic) bond motifs is 1. The summed E-state index contributed by atoms with van der Waals surface area (Å²) < 4.78 is 1.77. The number of anilines is 3. The van der Waals surface area contributed by atoms with Crippen LogP contribution in [-0.2, 0) is 0 Å². The molecule has 0 radical (unpaired) electrons. The van der Waals surface area contributed by atoms with E-state index >= 15 is 0 Å². The highest BCUT2D eigenvalue weighted by molar-refractivity contribution is 6.33. The van der Waals surface area contributed by atoms with Crippen molar-refractivity contribution < 1.29 is 0 Å². The Morgan fingerprint density at radius 1 is 1.32 bits per heavy atom. The van der Waals surface area contributed by atoms with Crippen molar-refractivity contribution >= 4 is 34.3 Å². The van der Waals surface area contributed by atoms with Gasteiger partial charge < -0.3 is 11.1 Å². The number of nitrogens with one attached hydrogen (secondary N) is 1. The summed E-state index contributed by atoms with van der Waals surface area (Å²) in [5.41, 5.74) is 8.94. The van der Waals surface area contributed by atoms with Gasteiger partial charge in [-0.25, -0.2) is 9.50 Å². The number of halogens is 1. The first-order chi connectivity index (χ1) is 9.13. The minimum absolute atomic E-state index is 0.592. The number of aromatic nitrogens is 3. The molecule has 19 heavy (non-hydrogen) atoms. The lowest BCUT2D eigenvalue weighted by molar-refractivity contribution is 0.924. The highest BCUT2D eigenvalue weighted by atomic mass is 35.5. The van der Waals surface area contributed by atoms with Gasteiger partial charge in [0.1, 0.15) is 5.52 Å². The second kappa shape index (κ2) is 4.44. The van der Waals surface area contributed by atoms with E-state index in [0.717, 1.165) is 16.9 Å². The van der Waals surface area contributed by atoms with Crippen LogP contribution in [0.1, 0.15) is 5.69 Å². The van der Waals surface area contributed by atoms with Gasteiger partial charge in [-0.2, -0.15) is 5.10 Å². The molecule has 3 aromatic rings. The van der Waals surface area contributed by atoms with Crippen molar-refractivity contribution in [1.82, 2.24) is 14.6 Å². The lowest BCUT2D eigenvalue weighted by atomic mass is 10.2. The maximum Gasteiger partial charge on any atom is 0.156 e. The van der Waals surface area contributed by atoms with Crippen molar-refractivity contribution in [2.75, 3.05) is 11.1 Å². The second-order valence-corrected chi connectivity index (χ2v) is 4.66. The van der Waals surface area contributed by atoms with E-state index in [0.29, 0.717) is 16.5 Å². The molecule has 2 heterocycles. The minimum atomic E-state index is 0.592. The highest BCUT2D eigenvalue weighted by Gasteiger charge is 2.07. The summed E-state index contributed by atoms with van der Waals surface area (Å²) in [4.78, 5) is 4.31. The molecule has 0 unspecified atom stereocenters. The zero-order chi connectivity index (χ0) is 13.4. The summed E-state index contributed by atoms with van der Waals surface area (Å²) >= 11 is 6.13. The number of nitrogen functional groups attached to an aromatic ring is 1. The molecule has 0 fully saturated rings. The van der Waals surface area contributed by atoms with Gasteiger partial charge in [-0.05, 0) is 31.2 Å². The van der Waals surface area contributed by atoms with Crippen molar-refractivity contribution in [3.8, 4) is 0 Å². The molecule has 0 amide bonds. The van der Waals surface area contributed by atoms with Crippen LogP contribution < -0.4 is 11.1 Å². The largest absolute Gasteiger partial charge is 0.399 e. The number of rotatable bonds is 2. The fraction of sp³-hybridized carbons (Fsp3) is 0.0769. The first-order valence-electron chi connectivity index (χ1n) is 5.76. The number of benzene rings is 1. The van der Waals surface area contributed by atoms with Gasteiger partial charge in [0, 0.05) is 18.1 Å². The Morgan fingerprint density at radius 3 is 3.00 bits per heavy atom. The Bertz CT molecular complexity index is 750. The van der Waals surface area contributed by atoms with Crippen LogP contribution in [0, 0.1) is 6.92 Å². The molecule has 0 spiro atoms. The fourth-order valence-corrected chi connectivity index (χ4v) is 2.07. The average molecular weight is 274 g/mol. The molecule has 2 aromatic heterocycles. The lowest BCUT2D eigenvalue weighted by Crippen LogP contribution is -1.99. The maximum absolute atomic E-state index is 6.13. The third-order valence-corrected chi connectivity index (χ3v) is 3.09. The smallest absolute Gasteiger partial charge is 0.156 e. The van der Waals surface area contributed by atoms with E-state index in [1.807, 2.05) is 13.0 Å². The molecule has 1 aromatic carbocycles. The summed E-state index contributed by atoms with van der Waals surface area (Å²) in [6, 6.07) is 7.23. The average Bonchev–Trinajstić information content (AvgIpc) is 2.75. The monoisotopic (exact) mass is 273 g/mol. The van der Waals surface area contributed by atoms with Gasteiger partial charge in [0.2, 0.25) is 0 Å². The Balaban J connectivity index is 2.08. The zero-order valence-electron chi connectivity index (χ0n) is 10.3. The Labute approximate surface area is 115 Å². The Kier molecular flexibility index (Phi) is 2.76. The minimum Gasteiger partial charge on any atom is -0.399 e. The van der Waals surface area contributed by atoms with E-state index in [1.165, 1.54) is 0 Å². The molecule has 5 nitrogen and oxygen atoms in total. The number of hydrogen-bond donors (Lipinski definition) is 2. The summed E-state index contributed by atoms with van der Waals surface area (Å²) in [6.45, 7) is 1.93. The molecular formula is C13H12ClN5. The van der Waals surface area contributed by atoms with Crippen LogP contribution >= 0.6 is 11.6 Å². The topological polar surface area (TPSA) is 68.2 Å². The van der Waals surface area contributed by atoms with Gasteiger partial charge in [0.15, 0.2) is 5.82 Å². The van der Waals surface area contributed by atoms with E-state index in [4.69, 9.17) is 17.3 Å². The van der Waals surface area contributed by atoms with Gasteiger partial charge in [-0.15, -0.1) is 0 Å². The first-order valence-corrected chi connectivity index (χ1v) is 6.14. The summed E-state index contributed by atoms with van der Waals surface area (Å²) in [7, 11) is 0.